The molecule has 0 radical (unpaired) electrons. The molecule has 2 heterocycles. The third-order valence-electron chi connectivity index (χ3n) is 3.89. The van der Waals surface area contributed by atoms with Gasteiger partial charge in [-0.15, -0.1) is 11.3 Å². The van der Waals surface area contributed by atoms with Crippen LogP contribution in [0, 0.1) is 5.82 Å². The van der Waals surface area contributed by atoms with E-state index in [0.717, 1.165) is 30.6 Å². The van der Waals surface area contributed by atoms with E-state index in [0.29, 0.717) is 15.8 Å². The van der Waals surface area contributed by atoms with Crippen LogP contribution in [0.1, 0.15) is 28.1 Å². The van der Waals surface area contributed by atoms with Crippen molar-refractivity contribution in [2.24, 2.45) is 0 Å². The maximum atomic E-state index is 14.1. The van der Waals surface area contributed by atoms with Crippen molar-refractivity contribution < 1.29 is 13.9 Å². The van der Waals surface area contributed by atoms with Crippen LogP contribution in [0.2, 0.25) is 0 Å². The van der Waals surface area contributed by atoms with Crippen LogP contribution in [0.5, 0.6) is 0 Å². The number of piperidine rings is 1. The molecule has 0 aliphatic carbocycles. The number of methoxy groups -OCH3 is 1. The number of thiophene rings is 1. The standard InChI is InChI=1S/C16H19FN2O2S/c1-21-9-11-14-12(17)5-2-6-13(14)22-15(11)16(20)19-10-4-3-7-18-8-10/h2,5-6,10,18H,3-4,7-9H2,1H3,(H,19,20). The van der Waals surface area contributed by atoms with Crippen LogP contribution in [0.3, 0.4) is 0 Å². The minimum Gasteiger partial charge on any atom is -0.380 e. The lowest BCUT2D eigenvalue weighted by molar-refractivity contribution is 0.0930. The number of fused-ring (bicyclic) bond motifs is 1. The van der Waals surface area contributed by atoms with Gasteiger partial charge in [-0.2, -0.15) is 0 Å². The second kappa shape index (κ2) is 6.73. The van der Waals surface area contributed by atoms with Gasteiger partial charge >= 0.3 is 0 Å². The van der Waals surface area contributed by atoms with Crippen molar-refractivity contribution in [2.45, 2.75) is 25.5 Å². The van der Waals surface area contributed by atoms with Crippen LogP contribution in [0.15, 0.2) is 18.2 Å². The van der Waals surface area contributed by atoms with Crippen molar-refractivity contribution in [1.82, 2.24) is 10.6 Å². The number of halogens is 1. The van der Waals surface area contributed by atoms with E-state index in [4.69, 9.17) is 4.74 Å². The first-order chi connectivity index (χ1) is 10.7. The smallest absolute Gasteiger partial charge is 0.262 e. The number of amides is 1. The Hall–Kier alpha value is -1.50. The molecule has 1 aromatic carbocycles. The number of nitrogens with one attached hydrogen (secondary N) is 2. The summed E-state index contributed by atoms with van der Waals surface area (Å²) >= 11 is 1.32. The van der Waals surface area contributed by atoms with Crippen molar-refractivity contribution in [3.8, 4) is 0 Å². The molecule has 1 amide bonds. The van der Waals surface area contributed by atoms with Crippen LogP contribution < -0.4 is 10.6 Å². The van der Waals surface area contributed by atoms with E-state index in [9.17, 15) is 9.18 Å². The summed E-state index contributed by atoms with van der Waals surface area (Å²) in [6, 6.07) is 5.05. The van der Waals surface area contributed by atoms with Gasteiger partial charge in [-0.1, -0.05) is 6.07 Å². The van der Waals surface area contributed by atoms with Gasteiger partial charge in [0.1, 0.15) is 5.82 Å². The van der Waals surface area contributed by atoms with E-state index in [1.54, 1.807) is 13.2 Å². The zero-order chi connectivity index (χ0) is 15.5. The summed E-state index contributed by atoms with van der Waals surface area (Å²) in [6.07, 6.45) is 2.02. The van der Waals surface area contributed by atoms with E-state index < -0.39 is 0 Å². The maximum absolute atomic E-state index is 14.1. The molecule has 1 aliphatic rings. The van der Waals surface area contributed by atoms with Gasteiger partial charge in [-0.25, -0.2) is 4.39 Å². The first-order valence-electron chi connectivity index (χ1n) is 7.41. The minimum atomic E-state index is -0.306. The number of carbonyl (C=O) groups excluding carboxylic acids is 1. The van der Waals surface area contributed by atoms with Crippen molar-refractivity contribution >= 4 is 27.3 Å². The Morgan fingerprint density at radius 3 is 3.14 bits per heavy atom. The molecule has 1 fully saturated rings. The molecule has 1 aromatic heterocycles. The highest BCUT2D eigenvalue weighted by atomic mass is 32.1. The van der Waals surface area contributed by atoms with Crippen LogP contribution >= 0.6 is 11.3 Å². The zero-order valence-electron chi connectivity index (χ0n) is 12.4. The number of benzene rings is 1. The lowest BCUT2D eigenvalue weighted by atomic mass is 10.1. The molecule has 2 aromatic rings. The van der Waals surface area contributed by atoms with Crippen LogP contribution in [0.4, 0.5) is 4.39 Å². The van der Waals surface area contributed by atoms with E-state index in [1.165, 1.54) is 17.4 Å². The maximum Gasteiger partial charge on any atom is 0.262 e. The largest absolute Gasteiger partial charge is 0.380 e. The van der Waals surface area contributed by atoms with Crippen molar-refractivity contribution in [2.75, 3.05) is 20.2 Å². The predicted octanol–water partition coefficient (Wildman–Crippen LogP) is 2.67. The first kappa shape index (κ1) is 15.4. The summed E-state index contributed by atoms with van der Waals surface area (Å²) in [5, 5.41) is 6.82. The SMILES string of the molecule is COCc1c(C(=O)NC2CCCNC2)sc2cccc(F)c12. The van der Waals surface area contributed by atoms with E-state index >= 15 is 0 Å². The molecule has 3 rings (SSSR count). The van der Waals surface area contributed by atoms with Crippen LogP contribution in [0.25, 0.3) is 10.1 Å². The van der Waals surface area contributed by atoms with Crippen molar-refractivity contribution in [1.29, 1.82) is 0 Å². The van der Waals surface area contributed by atoms with Crippen LogP contribution in [-0.2, 0) is 11.3 Å². The van der Waals surface area contributed by atoms with Gasteiger partial charge in [-0.3, -0.25) is 4.79 Å². The van der Waals surface area contributed by atoms with Crippen molar-refractivity contribution in [3.63, 3.8) is 0 Å². The number of ether oxygens (including phenoxy) is 1. The molecular formula is C16H19FN2O2S. The topological polar surface area (TPSA) is 50.4 Å². The third-order valence-corrected chi connectivity index (χ3v) is 5.09. The molecule has 0 bridgehead atoms. The number of hydrogen-bond acceptors (Lipinski definition) is 4. The average molecular weight is 322 g/mol. The molecular weight excluding hydrogens is 303 g/mol. The van der Waals surface area contributed by atoms with E-state index in [-0.39, 0.29) is 24.4 Å². The second-order valence-corrected chi connectivity index (χ2v) is 6.52. The fraction of sp³-hybridized carbons (Fsp3) is 0.438. The molecule has 1 aliphatic heterocycles. The van der Waals surface area contributed by atoms with Gasteiger partial charge in [0.05, 0.1) is 11.5 Å². The zero-order valence-corrected chi connectivity index (χ0v) is 13.3. The summed E-state index contributed by atoms with van der Waals surface area (Å²) in [6.45, 7) is 2.01. The van der Waals surface area contributed by atoms with Gasteiger partial charge in [0.2, 0.25) is 0 Å². The molecule has 2 N–H and O–H groups in total. The lowest BCUT2D eigenvalue weighted by Gasteiger charge is -2.23. The first-order valence-corrected chi connectivity index (χ1v) is 8.22. The average Bonchev–Trinajstić information content (AvgIpc) is 2.89. The summed E-state index contributed by atoms with van der Waals surface area (Å²) in [4.78, 5) is 13.1. The summed E-state index contributed by atoms with van der Waals surface area (Å²) in [7, 11) is 1.55. The Bertz CT molecular complexity index is 680. The third kappa shape index (κ3) is 2.99. The highest BCUT2D eigenvalue weighted by Crippen LogP contribution is 2.33. The van der Waals surface area contributed by atoms with Gasteiger partial charge < -0.3 is 15.4 Å². The Kier molecular flexibility index (Phi) is 4.71. The fourth-order valence-electron chi connectivity index (χ4n) is 2.86. The second-order valence-electron chi connectivity index (χ2n) is 5.47. The molecule has 1 saturated heterocycles. The summed E-state index contributed by atoms with van der Waals surface area (Å²) < 4.78 is 20.1. The van der Waals surface area contributed by atoms with E-state index in [2.05, 4.69) is 10.6 Å². The monoisotopic (exact) mass is 322 g/mol. The molecule has 118 valence electrons. The quantitative estimate of drug-likeness (QED) is 0.910. The van der Waals surface area contributed by atoms with Gasteiger partial charge in [0.15, 0.2) is 0 Å². The predicted molar refractivity (Wildman–Crippen MR) is 85.9 cm³/mol. The molecule has 22 heavy (non-hydrogen) atoms. The molecule has 0 spiro atoms. The molecule has 1 unspecified atom stereocenters. The highest BCUT2D eigenvalue weighted by molar-refractivity contribution is 7.21. The molecule has 0 saturated carbocycles. The van der Waals surface area contributed by atoms with Gasteiger partial charge in [0, 0.05) is 35.3 Å². The number of rotatable bonds is 4. The normalized spacial score (nSPS) is 18.5. The molecule has 6 heteroatoms. The number of carbonyl (C=O) groups is 1. The van der Waals surface area contributed by atoms with E-state index in [1.807, 2.05) is 6.07 Å². The number of hydrogen-bond donors (Lipinski definition) is 2. The summed E-state index contributed by atoms with van der Waals surface area (Å²) in [5.41, 5.74) is 0.641. The molecule has 1 atom stereocenters. The summed E-state index contributed by atoms with van der Waals surface area (Å²) in [5.74, 6) is -0.444. The van der Waals surface area contributed by atoms with Crippen molar-refractivity contribution in [3.05, 3.63) is 34.5 Å². The van der Waals surface area contributed by atoms with Gasteiger partial charge in [-0.05, 0) is 31.5 Å². The highest BCUT2D eigenvalue weighted by Gasteiger charge is 2.23. The Labute approximate surface area is 132 Å². The molecule has 4 nitrogen and oxygen atoms in total. The Balaban J connectivity index is 1.93. The Morgan fingerprint density at radius 1 is 1.55 bits per heavy atom. The Morgan fingerprint density at radius 2 is 2.41 bits per heavy atom. The van der Waals surface area contributed by atoms with Crippen LogP contribution in [-0.4, -0.2) is 32.1 Å². The van der Waals surface area contributed by atoms with Gasteiger partial charge in [0.25, 0.3) is 5.91 Å². The lowest BCUT2D eigenvalue weighted by Crippen LogP contribution is -2.45. The minimum absolute atomic E-state index is 0.131. The fourth-order valence-corrected chi connectivity index (χ4v) is 3.98.